The molecule has 1 amide bonds. The number of carbonyl (C=O) groups excluding carboxylic acids is 1. The fraction of sp³-hybridized carbons (Fsp3) is 0.385. The highest BCUT2D eigenvalue weighted by Crippen LogP contribution is 2.43. The molecule has 32 heavy (non-hydrogen) atoms. The Morgan fingerprint density at radius 2 is 1.38 bits per heavy atom. The molecule has 0 unspecified atom stereocenters. The van der Waals surface area contributed by atoms with Crippen LogP contribution in [0.25, 0.3) is 5.69 Å². The van der Waals surface area contributed by atoms with E-state index in [2.05, 4.69) is 4.90 Å². The average Bonchev–Trinajstić information content (AvgIpc) is 3.25. The third kappa shape index (κ3) is 3.39. The summed E-state index contributed by atoms with van der Waals surface area (Å²) in [5, 5.41) is 0. The molecule has 1 spiro atoms. The molecule has 5 rings (SSSR count). The van der Waals surface area contributed by atoms with E-state index in [1.165, 1.54) is 0 Å². The van der Waals surface area contributed by atoms with Crippen molar-refractivity contribution in [2.75, 3.05) is 24.5 Å². The summed E-state index contributed by atoms with van der Waals surface area (Å²) in [6, 6.07) is 19.8. The van der Waals surface area contributed by atoms with Crippen LogP contribution in [0.5, 0.6) is 0 Å². The van der Waals surface area contributed by atoms with E-state index < -0.39 is 0 Å². The van der Waals surface area contributed by atoms with E-state index in [1.807, 2.05) is 84.2 Å². The Labute approximate surface area is 188 Å². The van der Waals surface area contributed by atoms with Gasteiger partial charge in [-0.1, -0.05) is 36.4 Å². The first-order valence-corrected chi connectivity index (χ1v) is 11.4. The van der Waals surface area contributed by atoms with Gasteiger partial charge in [0.2, 0.25) is 5.91 Å². The molecule has 166 valence electrons. The van der Waals surface area contributed by atoms with E-state index in [4.69, 9.17) is 0 Å². The van der Waals surface area contributed by atoms with E-state index in [9.17, 15) is 9.59 Å². The molecule has 0 N–H and O–H groups in total. The summed E-state index contributed by atoms with van der Waals surface area (Å²) < 4.78 is 3.73. The largest absolute Gasteiger partial charge is 0.312 e. The van der Waals surface area contributed by atoms with Gasteiger partial charge >= 0.3 is 0 Å². The van der Waals surface area contributed by atoms with Crippen molar-refractivity contribution >= 4 is 11.6 Å². The first-order chi connectivity index (χ1) is 15.5. The summed E-state index contributed by atoms with van der Waals surface area (Å²) >= 11 is 0. The van der Waals surface area contributed by atoms with Crippen LogP contribution in [0.3, 0.4) is 0 Å². The quantitative estimate of drug-likeness (QED) is 0.637. The summed E-state index contributed by atoms with van der Waals surface area (Å²) in [5.74, 6) is 0.280. The molecule has 2 aromatic carbocycles. The van der Waals surface area contributed by atoms with Gasteiger partial charge in [-0.05, 0) is 63.5 Å². The molecule has 0 bridgehead atoms. The first kappa shape index (κ1) is 20.8. The minimum absolute atomic E-state index is 0.0339. The number of piperidine rings is 1. The van der Waals surface area contributed by atoms with Crippen LogP contribution < -0.4 is 10.5 Å². The van der Waals surface area contributed by atoms with Gasteiger partial charge in [-0.3, -0.25) is 19.2 Å². The number of anilines is 1. The summed E-state index contributed by atoms with van der Waals surface area (Å²) in [7, 11) is 1.96. The molecule has 6 nitrogen and oxygen atoms in total. The van der Waals surface area contributed by atoms with E-state index in [0.29, 0.717) is 0 Å². The summed E-state index contributed by atoms with van der Waals surface area (Å²) in [6.07, 6.45) is 2.68. The molecule has 0 atom stereocenters. The van der Waals surface area contributed by atoms with Crippen LogP contribution in [-0.2, 0) is 18.4 Å². The van der Waals surface area contributed by atoms with Crippen molar-refractivity contribution in [3.05, 3.63) is 82.3 Å². The zero-order valence-electron chi connectivity index (χ0n) is 18.8. The van der Waals surface area contributed by atoms with Crippen molar-refractivity contribution in [2.45, 2.75) is 32.7 Å². The van der Waals surface area contributed by atoms with E-state index >= 15 is 0 Å². The van der Waals surface area contributed by atoms with Crippen molar-refractivity contribution in [3.8, 4) is 5.69 Å². The molecule has 6 heteroatoms. The average molecular weight is 431 g/mol. The van der Waals surface area contributed by atoms with Gasteiger partial charge in [-0.15, -0.1) is 0 Å². The number of hydrogen-bond donors (Lipinski definition) is 0. The Morgan fingerprint density at radius 3 is 2.00 bits per heavy atom. The van der Waals surface area contributed by atoms with Crippen molar-refractivity contribution in [2.24, 2.45) is 12.5 Å². The predicted molar refractivity (Wildman–Crippen MR) is 126 cm³/mol. The van der Waals surface area contributed by atoms with Gasteiger partial charge in [0.15, 0.2) is 0 Å². The second-order valence-electron chi connectivity index (χ2n) is 9.15. The molecule has 3 aromatic rings. The lowest BCUT2D eigenvalue weighted by Gasteiger charge is -2.38. The number of rotatable bonds is 4. The number of hydrogen-bond acceptors (Lipinski definition) is 3. The fourth-order valence-corrected chi connectivity index (χ4v) is 5.35. The Balaban J connectivity index is 1.30. The number of amides is 1. The van der Waals surface area contributed by atoms with Crippen LogP contribution in [0, 0.1) is 12.3 Å². The summed E-state index contributed by atoms with van der Waals surface area (Å²) in [4.78, 5) is 30.6. The molecule has 0 saturated carbocycles. The fourth-order valence-electron chi connectivity index (χ4n) is 5.35. The van der Waals surface area contributed by atoms with Gasteiger partial charge in [0.05, 0.1) is 16.8 Å². The minimum Gasteiger partial charge on any atom is -0.312 e. The Kier molecular flexibility index (Phi) is 5.25. The summed E-state index contributed by atoms with van der Waals surface area (Å²) in [6.45, 7) is 5.19. The van der Waals surface area contributed by atoms with Gasteiger partial charge in [0, 0.05) is 31.4 Å². The molecule has 3 heterocycles. The third-order valence-corrected chi connectivity index (χ3v) is 7.40. The molecule has 2 aliphatic rings. The molecule has 2 saturated heterocycles. The normalized spacial score (nSPS) is 18.6. The first-order valence-electron chi connectivity index (χ1n) is 11.4. The minimum atomic E-state index is -0.233. The highest BCUT2D eigenvalue weighted by molar-refractivity contribution is 5.99. The Bertz CT molecular complexity index is 1170. The standard InChI is InChI=1S/C26H30N4O2/c1-20-23(27(2)30(24(20)31)22-11-7-4-8-12-22)19-28-16-13-26(14-17-28)15-18-29(25(26)32)21-9-5-3-6-10-21/h3-12H,13-19H2,1-2H3. The molecule has 0 aliphatic carbocycles. The van der Waals surface area contributed by atoms with Gasteiger partial charge in [-0.2, -0.15) is 0 Å². The van der Waals surface area contributed by atoms with Gasteiger partial charge in [0.25, 0.3) is 5.56 Å². The maximum absolute atomic E-state index is 13.3. The monoisotopic (exact) mass is 430 g/mol. The number of nitrogens with zero attached hydrogens (tertiary/aromatic N) is 4. The number of benzene rings is 2. The predicted octanol–water partition coefficient (Wildman–Crippen LogP) is 3.50. The lowest BCUT2D eigenvalue weighted by Crippen LogP contribution is -2.44. The third-order valence-electron chi connectivity index (χ3n) is 7.40. The van der Waals surface area contributed by atoms with Crippen LogP contribution in [0.15, 0.2) is 65.5 Å². The highest BCUT2D eigenvalue weighted by Gasteiger charge is 2.48. The van der Waals surface area contributed by atoms with Crippen molar-refractivity contribution in [3.63, 3.8) is 0 Å². The number of likely N-dealkylation sites (tertiary alicyclic amines) is 1. The maximum atomic E-state index is 13.3. The van der Waals surface area contributed by atoms with Gasteiger partial charge < -0.3 is 4.90 Å². The summed E-state index contributed by atoms with van der Waals surface area (Å²) in [5.41, 5.74) is 3.52. The molecule has 1 aromatic heterocycles. The maximum Gasteiger partial charge on any atom is 0.274 e. The van der Waals surface area contributed by atoms with Gasteiger partial charge in [0.1, 0.15) is 0 Å². The van der Waals surface area contributed by atoms with E-state index in [0.717, 1.165) is 68.1 Å². The molecule has 2 aliphatic heterocycles. The SMILES string of the molecule is Cc1c(CN2CCC3(CC2)CCN(c2ccccc2)C3=O)n(C)n(-c2ccccc2)c1=O. The zero-order valence-corrected chi connectivity index (χ0v) is 18.8. The second-order valence-corrected chi connectivity index (χ2v) is 9.15. The van der Waals surface area contributed by atoms with Crippen molar-refractivity contribution in [1.29, 1.82) is 0 Å². The Hall–Kier alpha value is -3.12. The molecular formula is C26H30N4O2. The Morgan fingerprint density at radius 1 is 0.812 bits per heavy atom. The lowest BCUT2D eigenvalue weighted by atomic mass is 9.77. The van der Waals surface area contributed by atoms with Crippen LogP contribution in [0.4, 0.5) is 5.69 Å². The van der Waals surface area contributed by atoms with E-state index in [1.54, 1.807) is 4.68 Å². The smallest absolute Gasteiger partial charge is 0.274 e. The second kappa shape index (κ2) is 8.10. The van der Waals surface area contributed by atoms with E-state index in [-0.39, 0.29) is 16.9 Å². The van der Waals surface area contributed by atoms with Crippen LogP contribution >= 0.6 is 0 Å². The number of carbonyl (C=O) groups is 1. The van der Waals surface area contributed by atoms with Crippen molar-refractivity contribution < 1.29 is 4.79 Å². The van der Waals surface area contributed by atoms with Gasteiger partial charge in [-0.25, -0.2) is 4.68 Å². The lowest BCUT2D eigenvalue weighted by molar-refractivity contribution is -0.128. The topological polar surface area (TPSA) is 50.5 Å². The van der Waals surface area contributed by atoms with Crippen LogP contribution in [0.1, 0.15) is 30.5 Å². The number of para-hydroxylation sites is 2. The molecule has 0 radical (unpaired) electrons. The molecular weight excluding hydrogens is 400 g/mol. The van der Waals surface area contributed by atoms with Crippen LogP contribution in [-0.4, -0.2) is 39.8 Å². The number of aromatic nitrogens is 2. The zero-order chi connectivity index (χ0) is 22.3. The van der Waals surface area contributed by atoms with Crippen molar-refractivity contribution in [1.82, 2.24) is 14.3 Å². The molecule has 2 fully saturated rings. The van der Waals surface area contributed by atoms with Crippen LogP contribution in [0.2, 0.25) is 0 Å². The highest BCUT2D eigenvalue weighted by atomic mass is 16.2.